The van der Waals surface area contributed by atoms with Gasteiger partial charge in [-0.2, -0.15) is 0 Å². The van der Waals surface area contributed by atoms with Crippen LogP contribution in [0.4, 0.5) is 11.4 Å². The molecule has 2 atom stereocenters. The van der Waals surface area contributed by atoms with Crippen molar-refractivity contribution in [1.82, 2.24) is 14.8 Å². The third kappa shape index (κ3) is 7.16. The van der Waals surface area contributed by atoms with Gasteiger partial charge in [0.15, 0.2) is 0 Å². The topological polar surface area (TPSA) is 60.9 Å². The van der Waals surface area contributed by atoms with Gasteiger partial charge < -0.3 is 15.0 Å². The van der Waals surface area contributed by atoms with Crippen LogP contribution in [0.1, 0.15) is 30.5 Å². The molecule has 0 unspecified atom stereocenters. The van der Waals surface area contributed by atoms with Gasteiger partial charge in [0.25, 0.3) is 0 Å². The van der Waals surface area contributed by atoms with Gasteiger partial charge in [-0.3, -0.25) is 19.6 Å². The summed E-state index contributed by atoms with van der Waals surface area (Å²) in [5.41, 5.74) is 4.35. The summed E-state index contributed by atoms with van der Waals surface area (Å²) in [7, 11) is 1.74. The summed E-state index contributed by atoms with van der Waals surface area (Å²) < 4.78 is 5.62. The highest BCUT2D eigenvalue weighted by Crippen LogP contribution is 2.32. The van der Waals surface area contributed by atoms with Crippen LogP contribution in [0.3, 0.4) is 0 Å². The number of piperazine rings is 1. The highest BCUT2D eigenvalue weighted by Gasteiger charge is 2.35. The maximum Gasteiger partial charge on any atom is 0.224 e. The molecule has 3 heterocycles. The minimum atomic E-state index is 0.0976. The Hall–Kier alpha value is -3.42. The van der Waals surface area contributed by atoms with Gasteiger partial charge in [0, 0.05) is 70.2 Å². The van der Waals surface area contributed by atoms with Crippen molar-refractivity contribution in [2.45, 2.75) is 38.8 Å². The summed E-state index contributed by atoms with van der Waals surface area (Å²) in [6.07, 6.45) is 4.41. The molecular formula is C32H41N5O2. The van der Waals surface area contributed by atoms with E-state index >= 15 is 0 Å². The van der Waals surface area contributed by atoms with Gasteiger partial charge in [0.1, 0.15) is 5.75 Å². The number of pyridine rings is 1. The van der Waals surface area contributed by atoms with Crippen molar-refractivity contribution in [2.75, 3.05) is 56.6 Å². The molecule has 2 saturated heterocycles. The van der Waals surface area contributed by atoms with Crippen LogP contribution >= 0.6 is 0 Å². The summed E-state index contributed by atoms with van der Waals surface area (Å²) in [4.78, 5) is 25.1. The number of methoxy groups -OCH3 is 1. The van der Waals surface area contributed by atoms with Crippen LogP contribution in [0, 0.1) is 12.8 Å². The predicted octanol–water partition coefficient (Wildman–Crippen LogP) is 4.83. The van der Waals surface area contributed by atoms with Crippen LogP contribution in [-0.4, -0.2) is 73.1 Å². The minimum Gasteiger partial charge on any atom is -0.495 e. The van der Waals surface area contributed by atoms with E-state index in [1.165, 1.54) is 11.3 Å². The second-order valence-corrected chi connectivity index (χ2v) is 10.8. The number of ether oxygens (including phenoxy) is 1. The Kier molecular flexibility index (Phi) is 9.12. The molecule has 0 aliphatic carbocycles. The number of para-hydroxylation sites is 2. The van der Waals surface area contributed by atoms with Crippen molar-refractivity contribution in [1.29, 1.82) is 0 Å². The van der Waals surface area contributed by atoms with Gasteiger partial charge in [0.05, 0.1) is 18.5 Å². The van der Waals surface area contributed by atoms with E-state index in [4.69, 9.17) is 4.74 Å². The Morgan fingerprint density at radius 2 is 1.74 bits per heavy atom. The molecule has 0 bridgehead atoms. The number of amides is 1. The normalized spacial score (nSPS) is 20.5. The van der Waals surface area contributed by atoms with Crippen LogP contribution in [0.5, 0.6) is 5.75 Å². The average Bonchev–Trinajstić information content (AvgIpc) is 2.98. The summed E-state index contributed by atoms with van der Waals surface area (Å²) in [5.74, 6) is 1.47. The van der Waals surface area contributed by atoms with Crippen molar-refractivity contribution in [2.24, 2.45) is 5.92 Å². The molecule has 3 aromatic rings. The van der Waals surface area contributed by atoms with E-state index in [-0.39, 0.29) is 5.91 Å². The molecule has 1 amide bonds. The Balaban J connectivity index is 1.22. The van der Waals surface area contributed by atoms with E-state index in [9.17, 15) is 4.79 Å². The van der Waals surface area contributed by atoms with E-state index in [0.717, 1.165) is 75.8 Å². The second kappa shape index (κ2) is 13.1. The van der Waals surface area contributed by atoms with Crippen LogP contribution in [0.15, 0.2) is 72.9 Å². The van der Waals surface area contributed by atoms with Crippen molar-refractivity contribution in [3.63, 3.8) is 0 Å². The highest BCUT2D eigenvalue weighted by atomic mass is 16.5. The standard InChI is InChI=1S/C32H41N5O2/c1-25-10-13-27(14-11-25)34-32(38)15-12-26-23-35(24-28-7-5-6-17-33-28)18-16-29(26)36-19-21-37(22-20-36)30-8-3-4-9-31(30)39-2/h3-11,13-14,17,26,29H,12,15-16,18-24H2,1-2H3,(H,34,38)/t26-,29+/m1/s1. The lowest BCUT2D eigenvalue weighted by Crippen LogP contribution is -2.56. The SMILES string of the molecule is COc1ccccc1N1CCN([C@H]2CCN(Cc3ccccn3)C[C@H]2CCC(=O)Nc2ccc(C)cc2)CC1. The van der Waals surface area contributed by atoms with Crippen molar-refractivity contribution in [3.05, 3.63) is 84.2 Å². The predicted molar refractivity (Wildman–Crippen MR) is 157 cm³/mol. The molecular weight excluding hydrogens is 486 g/mol. The third-order valence-electron chi connectivity index (χ3n) is 8.18. The number of benzene rings is 2. The van der Waals surface area contributed by atoms with Gasteiger partial charge >= 0.3 is 0 Å². The zero-order valence-corrected chi connectivity index (χ0v) is 23.3. The number of hydrogen-bond donors (Lipinski definition) is 1. The zero-order valence-electron chi connectivity index (χ0n) is 23.3. The fourth-order valence-electron chi connectivity index (χ4n) is 6.09. The molecule has 0 radical (unpaired) electrons. The Bertz CT molecular complexity index is 1190. The van der Waals surface area contributed by atoms with Crippen LogP contribution in [0.25, 0.3) is 0 Å². The maximum atomic E-state index is 12.9. The number of piperidine rings is 1. The lowest BCUT2D eigenvalue weighted by Gasteiger charge is -2.47. The number of hydrogen-bond acceptors (Lipinski definition) is 6. The quantitative estimate of drug-likeness (QED) is 0.430. The number of carbonyl (C=O) groups is 1. The zero-order chi connectivity index (χ0) is 27.0. The van der Waals surface area contributed by atoms with Crippen molar-refractivity contribution < 1.29 is 9.53 Å². The molecule has 39 heavy (non-hydrogen) atoms. The lowest BCUT2D eigenvalue weighted by molar-refractivity contribution is -0.116. The number of aryl methyl sites for hydroxylation is 1. The molecule has 2 aliphatic rings. The Morgan fingerprint density at radius 1 is 0.974 bits per heavy atom. The summed E-state index contributed by atoms with van der Waals surface area (Å²) >= 11 is 0. The first-order valence-corrected chi connectivity index (χ1v) is 14.2. The number of aromatic nitrogens is 1. The fourth-order valence-corrected chi connectivity index (χ4v) is 6.09. The molecule has 206 valence electrons. The summed E-state index contributed by atoms with van der Waals surface area (Å²) in [6, 6.07) is 22.9. The van der Waals surface area contributed by atoms with E-state index in [2.05, 4.69) is 56.2 Å². The van der Waals surface area contributed by atoms with Gasteiger partial charge in [0.2, 0.25) is 5.91 Å². The molecule has 2 fully saturated rings. The molecule has 5 rings (SSSR count). The number of rotatable bonds is 9. The molecule has 7 nitrogen and oxygen atoms in total. The highest BCUT2D eigenvalue weighted by molar-refractivity contribution is 5.90. The van der Waals surface area contributed by atoms with Crippen LogP contribution in [0.2, 0.25) is 0 Å². The molecule has 0 spiro atoms. The average molecular weight is 528 g/mol. The molecule has 2 aromatic carbocycles. The number of carbonyl (C=O) groups excluding carboxylic acids is 1. The van der Waals surface area contributed by atoms with Crippen LogP contribution in [-0.2, 0) is 11.3 Å². The number of likely N-dealkylation sites (tertiary alicyclic amines) is 1. The maximum absolute atomic E-state index is 12.9. The Morgan fingerprint density at radius 3 is 2.49 bits per heavy atom. The monoisotopic (exact) mass is 527 g/mol. The first-order valence-electron chi connectivity index (χ1n) is 14.2. The summed E-state index contributed by atoms with van der Waals surface area (Å²) in [5, 5.41) is 3.09. The number of nitrogens with zero attached hydrogens (tertiary/aromatic N) is 4. The van der Waals surface area contributed by atoms with E-state index in [1.54, 1.807) is 7.11 Å². The van der Waals surface area contributed by atoms with E-state index in [1.807, 2.05) is 48.7 Å². The van der Waals surface area contributed by atoms with E-state index in [0.29, 0.717) is 18.4 Å². The Labute approximate surface area is 232 Å². The van der Waals surface area contributed by atoms with Crippen molar-refractivity contribution in [3.8, 4) is 5.75 Å². The van der Waals surface area contributed by atoms with Crippen LogP contribution < -0.4 is 15.0 Å². The van der Waals surface area contributed by atoms with Gasteiger partial charge in [-0.05, 0) is 62.1 Å². The van der Waals surface area contributed by atoms with Gasteiger partial charge in [-0.15, -0.1) is 0 Å². The first kappa shape index (κ1) is 27.2. The number of nitrogens with one attached hydrogen (secondary N) is 1. The first-order chi connectivity index (χ1) is 19.1. The van der Waals surface area contributed by atoms with Crippen molar-refractivity contribution >= 4 is 17.3 Å². The minimum absolute atomic E-state index is 0.0976. The molecule has 1 N–H and O–H groups in total. The van der Waals surface area contributed by atoms with Gasteiger partial charge in [-0.25, -0.2) is 0 Å². The lowest BCUT2D eigenvalue weighted by atomic mass is 9.86. The molecule has 1 aromatic heterocycles. The molecule has 0 saturated carbocycles. The number of anilines is 2. The smallest absolute Gasteiger partial charge is 0.224 e. The van der Waals surface area contributed by atoms with Gasteiger partial charge in [-0.1, -0.05) is 35.9 Å². The third-order valence-corrected chi connectivity index (χ3v) is 8.18. The summed E-state index contributed by atoms with van der Waals surface area (Å²) in [6.45, 7) is 8.98. The molecule has 2 aliphatic heterocycles. The van der Waals surface area contributed by atoms with E-state index < -0.39 is 0 Å². The second-order valence-electron chi connectivity index (χ2n) is 10.8. The largest absolute Gasteiger partial charge is 0.495 e. The fraction of sp³-hybridized carbons (Fsp3) is 0.438. The molecule has 7 heteroatoms.